The van der Waals surface area contributed by atoms with Gasteiger partial charge < -0.3 is 4.52 Å². The molecule has 0 bridgehead atoms. The maximum atomic E-state index is 13.3. The average Bonchev–Trinajstić information content (AvgIpc) is 3.38. The van der Waals surface area contributed by atoms with Gasteiger partial charge in [0, 0.05) is 12.1 Å². The molecule has 0 spiro atoms. The van der Waals surface area contributed by atoms with Crippen molar-refractivity contribution in [1.29, 1.82) is 0 Å². The molecule has 0 saturated carbocycles. The van der Waals surface area contributed by atoms with Crippen LogP contribution in [0, 0.1) is 6.92 Å². The molecule has 1 aliphatic rings. The summed E-state index contributed by atoms with van der Waals surface area (Å²) in [5, 5.41) is 4.10. The molecule has 1 fully saturated rings. The largest absolute Gasteiger partial charge is 0.337 e. The van der Waals surface area contributed by atoms with Gasteiger partial charge in [-0.25, -0.2) is 8.42 Å². The van der Waals surface area contributed by atoms with Crippen molar-refractivity contribution in [3.05, 3.63) is 65.5 Å². The minimum absolute atomic E-state index is 0.299. The van der Waals surface area contributed by atoms with Crippen molar-refractivity contribution in [2.24, 2.45) is 0 Å². The van der Waals surface area contributed by atoms with E-state index in [9.17, 15) is 8.42 Å². The standard InChI is InChI=1S/C22H25N3O3S/c1-15(2)17-10-12-18(13-11-17)29(26,27)25-14-6-9-20(25)22-23-21(24-28-22)19-8-5-4-7-16(19)3/h4-5,7-8,10-13,15,20H,6,9,14H2,1-3H3. The molecule has 1 aliphatic heterocycles. The zero-order valence-corrected chi connectivity index (χ0v) is 17.7. The summed E-state index contributed by atoms with van der Waals surface area (Å²) in [5.74, 6) is 1.19. The fourth-order valence-electron chi connectivity index (χ4n) is 3.74. The highest BCUT2D eigenvalue weighted by atomic mass is 32.2. The van der Waals surface area contributed by atoms with Gasteiger partial charge in [0.1, 0.15) is 6.04 Å². The summed E-state index contributed by atoms with van der Waals surface area (Å²) < 4.78 is 33.5. The van der Waals surface area contributed by atoms with Gasteiger partial charge in [-0.05, 0) is 48.9 Å². The van der Waals surface area contributed by atoms with Crippen LogP contribution in [-0.4, -0.2) is 29.4 Å². The topological polar surface area (TPSA) is 76.3 Å². The Hall–Kier alpha value is -2.51. The van der Waals surface area contributed by atoms with Gasteiger partial charge in [-0.15, -0.1) is 0 Å². The SMILES string of the molecule is Cc1ccccc1-c1noc(C2CCCN2S(=O)(=O)c2ccc(C(C)C)cc2)n1. The zero-order chi connectivity index (χ0) is 20.6. The predicted molar refractivity (Wildman–Crippen MR) is 111 cm³/mol. The second-order valence-electron chi connectivity index (χ2n) is 7.77. The number of aromatic nitrogens is 2. The van der Waals surface area contributed by atoms with Crippen LogP contribution in [0.1, 0.15) is 55.7 Å². The highest BCUT2D eigenvalue weighted by Gasteiger charge is 2.39. The van der Waals surface area contributed by atoms with Crippen LogP contribution in [0.4, 0.5) is 0 Å². The van der Waals surface area contributed by atoms with Gasteiger partial charge in [-0.2, -0.15) is 9.29 Å². The minimum atomic E-state index is -3.64. The first-order valence-electron chi connectivity index (χ1n) is 9.89. The third kappa shape index (κ3) is 3.72. The maximum absolute atomic E-state index is 13.3. The third-order valence-corrected chi connectivity index (χ3v) is 7.39. The summed E-state index contributed by atoms with van der Waals surface area (Å²) in [6.45, 7) is 6.60. The van der Waals surface area contributed by atoms with Gasteiger partial charge in [-0.3, -0.25) is 0 Å². The predicted octanol–water partition coefficient (Wildman–Crippen LogP) is 4.69. The first kappa shape index (κ1) is 19.8. The second-order valence-corrected chi connectivity index (χ2v) is 9.66. The molecule has 1 unspecified atom stereocenters. The van der Waals surface area contributed by atoms with E-state index in [-0.39, 0.29) is 0 Å². The molecule has 1 saturated heterocycles. The summed E-state index contributed by atoms with van der Waals surface area (Å²) >= 11 is 0. The summed E-state index contributed by atoms with van der Waals surface area (Å²) in [6, 6.07) is 14.5. The van der Waals surface area contributed by atoms with E-state index in [1.807, 2.05) is 43.3 Å². The first-order chi connectivity index (χ1) is 13.9. The molecule has 3 aromatic rings. The molecular weight excluding hydrogens is 386 g/mol. The van der Waals surface area contributed by atoms with Crippen LogP contribution in [0.3, 0.4) is 0 Å². The lowest BCUT2D eigenvalue weighted by Crippen LogP contribution is -2.30. The summed E-state index contributed by atoms with van der Waals surface area (Å²) in [4.78, 5) is 4.83. The van der Waals surface area contributed by atoms with Crippen LogP contribution in [0.2, 0.25) is 0 Å². The van der Waals surface area contributed by atoms with E-state index >= 15 is 0 Å². The third-order valence-electron chi connectivity index (χ3n) is 5.47. The van der Waals surface area contributed by atoms with Crippen LogP contribution in [0.5, 0.6) is 0 Å². The molecule has 2 aromatic carbocycles. The fourth-order valence-corrected chi connectivity index (χ4v) is 5.39. The van der Waals surface area contributed by atoms with Crippen LogP contribution in [-0.2, 0) is 10.0 Å². The van der Waals surface area contributed by atoms with Crippen molar-refractivity contribution in [3.8, 4) is 11.4 Å². The molecule has 0 amide bonds. The van der Waals surface area contributed by atoms with Crippen LogP contribution in [0.25, 0.3) is 11.4 Å². The molecule has 1 atom stereocenters. The molecule has 1 aromatic heterocycles. The molecule has 0 N–H and O–H groups in total. The lowest BCUT2D eigenvalue weighted by atomic mass is 10.0. The van der Waals surface area contributed by atoms with Crippen molar-refractivity contribution in [2.45, 2.75) is 50.5 Å². The van der Waals surface area contributed by atoms with Crippen LogP contribution >= 0.6 is 0 Å². The molecule has 0 aliphatic carbocycles. The molecular formula is C22H25N3O3S. The van der Waals surface area contributed by atoms with Crippen molar-refractivity contribution in [1.82, 2.24) is 14.4 Å². The number of nitrogens with zero attached hydrogens (tertiary/aromatic N) is 3. The molecule has 4 rings (SSSR count). The Balaban J connectivity index is 1.63. The van der Waals surface area contributed by atoms with E-state index in [1.54, 1.807) is 12.1 Å². The minimum Gasteiger partial charge on any atom is -0.337 e. The Bertz CT molecular complexity index is 1100. The Morgan fingerprint density at radius 2 is 1.83 bits per heavy atom. The van der Waals surface area contributed by atoms with Gasteiger partial charge >= 0.3 is 0 Å². The van der Waals surface area contributed by atoms with Gasteiger partial charge in [0.2, 0.25) is 21.7 Å². The fraction of sp³-hybridized carbons (Fsp3) is 0.364. The lowest BCUT2D eigenvalue weighted by molar-refractivity contribution is 0.290. The van der Waals surface area contributed by atoms with Gasteiger partial charge in [0.05, 0.1) is 4.90 Å². The monoisotopic (exact) mass is 411 g/mol. The van der Waals surface area contributed by atoms with E-state index in [1.165, 1.54) is 4.31 Å². The Kier molecular flexibility index (Phi) is 5.27. The van der Waals surface area contributed by atoms with Crippen LogP contribution in [0.15, 0.2) is 57.9 Å². The first-order valence-corrected chi connectivity index (χ1v) is 11.3. The Morgan fingerprint density at radius 3 is 2.52 bits per heavy atom. The van der Waals surface area contributed by atoms with Crippen molar-refractivity contribution in [2.75, 3.05) is 6.54 Å². The lowest BCUT2D eigenvalue weighted by Gasteiger charge is -2.21. The number of hydrogen-bond acceptors (Lipinski definition) is 5. The van der Waals surface area contributed by atoms with E-state index in [0.717, 1.165) is 23.1 Å². The number of sulfonamides is 1. The average molecular weight is 412 g/mol. The van der Waals surface area contributed by atoms with E-state index in [2.05, 4.69) is 24.0 Å². The molecule has 6 nitrogen and oxygen atoms in total. The van der Waals surface area contributed by atoms with E-state index in [4.69, 9.17) is 4.52 Å². The van der Waals surface area contributed by atoms with E-state index in [0.29, 0.717) is 35.5 Å². The van der Waals surface area contributed by atoms with E-state index < -0.39 is 16.1 Å². The zero-order valence-electron chi connectivity index (χ0n) is 16.9. The highest BCUT2D eigenvalue weighted by Crippen LogP contribution is 2.37. The molecule has 2 heterocycles. The van der Waals surface area contributed by atoms with Gasteiger partial charge in [0.15, 0.2) is 0 Å². The normalized spacial score (nSPS) is 17.9. The number of hydrogen-bond donors (Lipinski definition) is 0. The molecule has 152 valence electrons. The molecule has 0 radical (unpaired) electrons. The highest BCUT2D eigenvalue weighted by molar-refractivity contribution is 7.89. The quantitative estimate of drug-likeness (QED) is 0.608. The van der Waals surface area contributed by atoms with Gasteiger partial charge in [-0.1, -0.05) is 55.4 Å². The Morgan fingerprint density at radius 1 is 1.10 bits per heavy atom. The van der Waals surface area contributed by atoms with Gasteiger partial charge in [0.25, 0.3) is 0 Å². The maximum Gasteiger partial charge on any atom is 0.245 e. The summed E-state index contributed by atoms with van der Waals surface area (Å²) in [6.07, 6.45) is 1.43. The molecule has 29 heavy (non-hydrogen) atoms. The van der Waals surface area contributed by atoms with Crippen molar-refractivity contribution < 1.29 is 12.9 Å². The smallest absolute Gasteiger partial charge is 0.245 e. The number of benzene rings is 2. The van der Waals surface area contributed by atoms with Crippen molar-refractivity contribution in [3.63, 3.8) is 0 Å². The number of rotatable bonds is 5. The van der Waals surface area contributed by atoms with Crippen molar-refractivity contribution >= 4 is 10.0 Å². The molecule has 7 heteroatoms. The Labute approximate surface area is 171 Å². The second kappa shape index (κ2) is 7.72. The van der Waals surface area contributed by atoms with Crippen LogP contribution < -0.4 is 0 Å². The summed E-state index contributed by atoms with van der Waals surface area (Å²) in [5.41, 5.74) is 3.04. The summed E-state index contributed by atoms with van der Waals surface area (Å²) in [7, 11) is -3.64. The number of aryl methyl sites for hydroxylation is 1.